The molecule has 0 aromatic heterocycles. The van der Waals surface area contributed by atoms with Gasteiger partial charge < -0.3 is 47.4 Å². The van der Waals surface area contributed by atoms with Crippen LogP contribution in [-0.2, 0) is 87.0 Å². The molecule has 3 fully saturated rings. The van der Waals surface area contributed by atoms with Crippen molar-refractivity contribution in [2.75, 3.05) is 26.4 Å². The maximum atomic E-state index is 6.74. The lowest BCUT2D eigenvalue weighted by molar-refractivity contribution is -0.407. The number of fused-ring (bicyclic) bond motifs is 10. The van der Waals surface area contributed by atoms with Crippen LogP contribution in [0.15, 0.2) is 72.8 Å². The summed E-state index contributed by atoms with van der Waals surface area (Å²) < 4.78 is 65.8. The Labute approximate surface area is 267 Å². The van der Waals surface area contributed by atoms with Crippen LogP contribution in [-0.4, -0.2) is 74.6 Å². The van der Waals surface area contributed by atoms with Crippen molar-refractivity contribution in [3.05, 3.63) is 106 Å². The molecule has 10 nitrogen and oxygen atoms in total. The van der Waals surface area contributed by atoms with Gasteiger partial charge in [-0.25, -0.2) is 0 Å². The normalized spacial score (nSPS) is 37.3. The van der Waals surface area contributed by atoms with E-state index < -0.39 is 48.2 Å². The third kappa shape index (κ3) is 5.12. The van der Waals surface area contributed by atoms with E-state index in [0.29, 0.717) is 39.6 Å². The highest BCUT2D eigenvalue weighted by atomic mass is 16.8. The fourth-order valence-electron chi connectivity index (χ4n) is 7.57. The molecule has 0 saturated carbocycles. The third-order valence-corrected chi connectivity index (χ3v) is 10.1. The second-order valence-electron chi connectivity index (χ2n) is 12.9. The quantitative estimate of drug-likeness (QED) is 0.364. The van der Waals surface area contributed by atoms with Gasteiger partial charge in [-0.05, 0) is 33.4 Å². The van der Waals surface area contributed by atoms with Crippen LogP contribution < -0.4 is 0 Å². The molecule has 0 N–H and O–H groups in total. The van der Waals surface area contributed by atoms with Crippen molar-refractivity contribution < 1.29 is 47.4 Å². The first-order valence-electron chi connectivity index (χ1n) is 16.2. The highest BCUT2D eigenvalue weighted by Gasteiger charge is 2.67. The van der Waals surface area contributed by atoms with Gasteiger partial charge in [0.15, 0.2) is 0 Å². The molecule has 46 heavy (non-hydrogen) atoms. The molecule has 7 aliphatic heterocycles. The van der Waals surface area contributed by atoms with E-state index in [4.69, 9.17) is 47.4 Å². The van der Waals surface area contributed by atoms with Crippen molar-refractivity contribution in [3.63, 3.8) is 0 Å². The fourth-order valence-corrected chi connectivity index (χ4v) is 7.57. The molecule has 2 spiro atoms. The molecule has 3 saturated heterocycles. The van der Waals surface area contributed by atoms with Crippen LogP contribution in [0.5, 0.6) is 0 Å². The molecule has 8 atom stereocenters. The Morgan fingerprint density at radius 3 is 1.15 bits per heavy atom. The maximum Gasteiger partial charge on any atom is 0.222 e. The molecule has 0 aliphatic carbocycles. The van der Waals surface area contributed by atoms with Crippen molar-refractivity contribution in [1.82, 2.24) is 0 Å². The first kappa shape index (κ1) is 29.4. The van der Waals surface area contributed by atoms with Crippen LogP contribution in [0.2, 0.25) is 0 Å². The Hall–Kier alpha value is -2.74. The van der Waals surface area contributed by atoms with Gasteiger partial charge in [-0.1, -0.05) is 72.8 Å². The zero-order chi connectivity index (χ0) is 30.6. The smallest absolute Gasteiger partial charge is 0.222 e. The largest absolute Gasteiger partial charge is 0.374 e. The summed E-state index contributed by atoms with van der Waals surface area (Å²) in [6, 6.07) is 24.5. The van der Waals surface area contributed by atoms with Gasteiger partial charge in [-0.2, -0.15) is 0 Å². The molecular formula is C36H38O10. The summed E-state index contributed by atoms with van der Waals surface area (Å²) in [5.74, 6) is -2.46. The van der Waals surface area contributed by atoms with Gasteiger partial charge in [0.2, 0.25) is 11.6 Å². The van der Waals surface area contributed by atoms with E-state index in [1.165, 1.54) is 0 Å². The van der Waals surface area contributed by atoms with Gasteiger partial charge in [0.1, 0.15) is 49.8 Å². The van der Waals surface area contributed by atoms with Crippen molar-refractivity contribution >= 4 is 0 Å². The zero-order valence-corrected chi connectivity index (χ0v) is 25.5. The summed E-state index contributed by atoms with van der Waals surface area (Å²) in [7, 11) is 0. The minimum atomic E-state index is -1.23. The summed E-state index contributed by atoms with van der Waals surface area (Å²) in [4.78, 5) is 0. The minimum Gasteiger partial charge on any atom is -0.374 e. The lowest BCUT2D eigenvalue weighted by atomic mass is 9.99. The van der Waals surface area contributed by atoms with Gasteiger partial charge >= 0.3 is 0 Å². The van der Waals surface area contributed by atoms with Crippen molar-refractivity contribution in [2.24, 2.45) is 0 Å². The summed E-state index contributed by atoms with van der Waals surface area (Å²) in [6.07, 6.45) is -2.91. The van der Waals surface area contributed by atoms with Crippen LogP contribution in [0.1, 0.15) is 33.4 Å². The second-order valence-corrected chi connectivity index (χ2v) is 12.9. The van der Waals surface area contributed by atoms with Crippen LogP contribution in [0.4, 0.5) is 0 Å². The molecule has 10 heteroatoms. The monoisotopic (exact) mass is 630 g/mol. The van der Waals surface area contributed by atoms with Crippen LogP contribution >= 0.6 is 0 Å². The molecule has 7 aliphatic rings. The molecule has 0 radical (unpaired) electrons. The molecule has 10 rings (SSSR count). The Kier molecular flexibility index (Phi) is 7.70. The van der Waals surface area contributed by atoms with Crippen molar-refractivity contribution in [1.29, 1.82) is 0 Å². The number of rotatable bonds is 0. The topological polar surface area (TPSA) is 92.3 Å². The van der Waals surface area contributed by atoms with Gasteiger partial charge in [-0.3, -0.25) is 0 Å². The molecule has 3 aromatic rings. The molecule has 7 heterocycles. The lowest BCUT2D eigenvalue weighted by Gasteiger charge is -2.46. The standard InChI is InChI=1S/C36H38O10/c1-2-8-24-14-38-20-30-32-34(42-18-28-12-6-4-10-26(28)16-40-32)36(46-30)22-43-35(21-44-36)33-31(29(45-35)19-37-13-23(24)7-1)39-15-25-9-3-5-11-27(25)17-41-33/h1-12,29-34H,13-22H2/t29-,30-,31-,32-,33+,34+,35-,36-/m1/s1. The second kappa shape index (κ2) is 12.1. The van der Waals surface area contributed by atoms with Crippen molar-refractivity contribution in [2.45, 2.75) is 87.8 Å². The summed E-state index contributed by atoms with van der Waals surface area (Å²) in [5.41, 5.74) is 6.43. The third-order valence-electron chi connectivity index (χ3n) is 10.1. The number of hydrogen-bond donors (Lipinski definition) is 0. The van der Waals surface area contributed by atoms with E-state index in [9.17, 15) is 0 Å². The predicted octanol–water partition coefficient (Wildman–Crippen LogP) is 3.94. The van der Waals surface area contributed by atoms with Crippen LogP contribution in [0, 0.1) is 0 Å². The van der Waals surface area contributed by atoms with E-state index >= 15 is 0 Å². The fraction of sp³-hybridized carbons (Fsp3) is 0.500. The average Bonchev–Trinajstić information content (AvgIpc) is 3.50. The average molecular weight is 631 g/mol. The van der Waals surface area contributed by atoms with E-state index in [2.05, 4.69) is 36.4 Å². The summed E-state index contributed by atoms with van der Waals surface area (Å²) in [6.45, 7) is 3.14. The number of benzene rings is 3. The van der Waals surface area contributed by atoms with Crippen LogP contribution in [0.3, 0.4) is 0 Å². The van der Waals surface area contributed by atoms with Crippen LogP contribution in [0.25, 0.3) is 0 Å². The molecule has 242 valence electrons. The van der Waals surface area contributed by atoms with E-state index in [0.717, 1.165) is 33.4 Å². The predicted molar refractivity (Wildman–Crippen MR) is 160 cm³/mol. The van der Waals surface area contributed by atoms with Gasteiger partial charge in [0, 0.05) is 0 Å². The van der Waals surface area contributed by atoms with Crippen molar-refractivity contribution in [3.8, 4) is 0 Å². The molecule has 3 aromatic carbocycles. The number of hydrogen-bond acceptors (Lipinski definition) is 10. The summed E-state index contributed by atoms with van der Waals surface area (Å²) in [5, 5.41) is 0. The van der Waals surface area contributed by atoms with E-state index in [-0.39, 0.29) is 26.4 Å². The van der Waals surface area contributed by atoms with Gasteiger partial charge in [0.05, 0.1) is 52.9 Å². The van der Waals surface area contributed by atoms with E-state index in [1.807, 2.05) is 36.4 Å². The molecule has 4 bridgehead atoms. The SMILES string of the molecule is c1ccc2c(c1)COC[C@H]1O[C@]3(CO[C@]4(CO3)O[C@H](COC2)[C@H]2OCc3ccccc3CO[C@@H]24)[C@H]2OCc3ccccc3CO[C@H]12. The Balaban J connectivity index is 1.06. The van der Waals surface area contributed by atoms with Gasteiger partial charge in [-0.15, -0.1) is 0 Å². The summed E-state index contributed by atoms with van der Waals surface area (Å²) >= 11 is 0. The Morgan fingerprint density at radius 2 is 0.783 bits per heavy atom. The Bertz CT molecular complexity index is 1440. The maximum absolute atomic E-state index is 6.74. The molecule has 0 amide bonds. The Morgan fingerprint density at radius 1 is 0.435 bits per heavy atom. The van der Waals surface area contributed by atoms with E-state index in [1.54, 1.807) is 0 Å². The molecular weight excluding hydrogens is 592 g/mol. The minimum absolute atomic E-state index is 0.0508. The zero-order valence-electron chi connectivity index (χ0n) is 25.5. The highest BCUT2D eigenvalue weighted by molar-refractivity contribution is 5.28. The highest BCUT2D eigenvalue weighted by Crippen LogP contribution is 2.47. The first-order valence-corrected chi connectivity index (χ1v) is 16.2. The lowest BCUT2D eigenvalue weighted by Crippen LogP contribution is -2.63. The first-order chi connectivity index (χ1) is 22.7. The van der Waals surface area contributed by atoms with Gasteiger partial charge in [0.25, 0.3) is 0 Å². The molecule has 0 unspecified atom stereocenters. The number of ether oxygens (including phenoxy) is 10.